The third-order valence-corrected chi connectivity index (χ3v) is 4.27. The van der Waals surface area contributed by atoms with Gasteiger partial charge in [-0.25, -0.2) is 0 Å². The molecule has 2 aliphatic rings. The summed E-state index contributed by atoms with van der Waals surface area (Å²) >= 11 is 0. The summed E-state index contributed by atoms with van der Waals surface area (Å²) in [7, 11) is 1.36. The number of nitrogens with zero attached hydrogens (tertiary/aromatic N) is 2. The van der Waals surface area contributed by atoms with Crippen molar-refractivity contribution in [2.45, 2.75) is 19.3 Å². The van der Waals surface area contributed by atoms with E-state index in [0.717, 1.165) is 24.5 Å². The molecule has 1 atom stereocenters. The van der Waals surface area contributed by atoms with E-state index >= 15 is 0 Å². The van der Waals surface area contributed by atoms with Crippen molar-refractivity contribution in [1.82, 2.24) is 0 Å². The van der Waals surface area contributed by atoms with Crippen molar-refractivity contribution in [2.75, 3.05) is 36.5 Å². The molecule has 0 bridgehead atoms. The number of esters is 1. The van der Waals surface area contributed by atoms with Gasteiger partial charge in [-0.05, 0) is 31.0 Å². The maximum absolute atomic E-state index is 12.1. The molecule has 112 valence electrons. The summed E-state index contributed by atoms with van der Waals surface area (Å²) < 4.78 is 4.75. The second-order valence-electron chi connectivity index (χ2n) is 5.64. The van der Waals surface area contributed by atoms with Crippen LogP contribution in [0.4, 0.5) is 11.4 Å². The van der Waals surface area contributed by atoms with Crippen LogP contribution in [0.15, 0.2) is 24.3 Å². The van der Waals surface area contributed by atoms with Gasteiger partial charge < -0.3 is 14.5 Å². The number of amides is 1. The van der Waals surface area contributed by atoms with Gasteiger partial charge in [-0.2, -0.15) is 0 Å². The lowest BCUT2D eigenvalue weighted by molar-refractivity contribution is -0.145. The molecule has 2 fully saturated rings. The highest BCUT2D eigenvalue weighted by molar-refractivity contribution is 5.99. The fraction of sp³-hybridized carbons (Fsp3) is 0.500. The summed E-state index contributed by atoms with van der Waals surface area (Å²) in [5, 5.41) is 0. The second kappa shape index (κ2) is 5.76. The van der Waals surface area contributed by atoms with E-state index in [1.807, 2.05) is 18.2 Å². The van der Waals surface area contributed by atoms with Crippen molar-refractivity contribution >= 4 is 23.3 Å². The van der Waals surface area contributed by atoms with Gasteiger partial charge >= 0.3 is 5.97 Å². The molecule has 1 amide bonds. The van der Waals surface area contributed by atoms with Gasteiger partial charge in [0.25, 0.3) is 0 Å². The van der Waals surface area contributed by atoms with Crippen LogP contribution < -0.4 is 9.80 Å². The van der Waals surface area contributed by atoms with Crippen molar-refractivity contribution in [3.05, 3.63) is 24.3 Å². The molecule has 0 saturated carbocycles. The molecule has 0 radical (unpaired) electrons. The quantitative estimate of drug-likeness (QED) is 0.796. The first-order valence-electron chi connectivity index (χ1n) is 7.42. The normalized spacial score (nSPS) is 22.0. The molecule has 0 aliphatic carbocycles. The zero-order valence-corrected chi connectivity index (χ0v) is 12.2. The largest absolute Gasteiger partial charge is 0.469 e. The van der Waals surface area contributed by atoms with Gasteiger partial charge in [0.05, 0.1) is 13.0 Å². The van der Waals surface area contributed by atoms with Gasteiger partial charge in [0.15, 0.2) is 0 Å². The highest BCUT2D eigenvalue weighted by atomic mass is 16.5. The predicted octanol–water partition coefficient (Wildman–Crippen LogP) is 1.81. The van der Waals surface area contributed by atoms with Crippen LogP contribution in [0.5, 0.6) is 0 Å². The monoisotopic (exact) mass is 288 g/mol. The molecular weight excluding hydrogens is 268 g/mol. The summed E-state index contributed by atoms with van der Waals surface area (Å²) in [6.07, 6.45) is 2.68. The van der Waals surface area contributed by atoms with Gasteiger partial charge in [0.2, 0.25) is 5.91 Å². The van der Waals surface area contributed by atoms with E-state index in [-0.39, 0.29) is 24.2 Å². The molecule has 21 heavy (non-hydrogen) atoms. The first-order chi connectivity index (χ1) is 10.2. The van der Waals surface area contributed by atoms with Crippen molar-refractivity contribution < 1.29 is 14.3 Å². The van der Waals surface area contributed by atoms with Gasteiger partial charge in [-0.3, -0.25) is 9.59 Å². The Morgan fingerprint density at radius 3 is 2.67 bits per heavy atom. The molecule has 0 spiro atoms. The molecule has 2 heterocycles. The Hall–Kier alpha value is -2.04. The lowest BCUT2D eigenvalue weighted by atomic mass is 10.1. The number of carbonyl (C=O) groups is 2. The molecule has 3 rings (SSSR count). The van der Waals surface area contributed by atoms with Crippen LogP contribution in [-0.4, -0.2) is 38.6 Å². The van der Waals surface area contributed by atoms with Gasteiger partial charge in [-0.15, -0.1) is 0 Å². The molecule has 1 aromatic carbocycles. The maximum atomic E-state index is 12.1. The van der Waals surface area contributed by atoms with Crippen LogP contribution in [0.3, 0.4) is 0 Å². The van der Waals surface area contributed by atoms with Crippen LogP contribution in [-0.2, 0) is 14.3 Å². The average molecular weight is 288 g/mol. The lowest BCUT2D eigenvalue weighted by Crippen LogP contribution is -2.26. The molecule has 0 N–H and O–H groups in total. The van der Waals surface area contributed by atoms with E-state index < -0.39 is 0 Å². The molecule has 1 unspecified atom stereocenters. The number of hydrogen-bond acceptors (Lipinski definition) is 4. The van der Waals surface area contributed by atoms with Crippen LogP contribution in [0.25, 0.3) is 0 Å². The van der Waals surface area contributed by atoms with E-state index in [2.05, 4.69) is 11.0 Å². The maximum Gasteiger partial charge on any atom is 0.311 e. The number of rotatable bonds is 3. The first-order valence-corrected chi connectivity index (χ1v) is 7.42. The minimum atomic E-state index is -0.349. The fourth-order valence-corrected chi connectivity index (χ4v) is 3.11. The van der Waals surface area contributed by atoms with E-state index in [4.69, 9.17) is 4.74 Å². The number of ether oxygens (including phenoxy) is 1. The Kier molecular flexibility index (Phi) is 3.82. The highest BCUT2D eigenvalue weighted by Gasteiger charge is 2.35. The van der Waals surface area contributed by atoms with Gasteiger partial charge in [-0.1, -0.05) is 6.07 Å². The summed E-state index contributed by atoms with van der Waals surface area (Å²) in [5.74, 6) is -0.663. The summed E-state index contributed by atoms with van der Waals surface area (Å²) in [6.45, 7) is 2.55. The second-order valence-corrected chi connectivity index (χ2v) is 5.64. The molecule has 1 aromatic rings. The van der Waals surface area contributed by atoms with Crippen molar-refractivity contribution in [1.29, 1.82) is 0 Å². The molecule has 0 aromatic heterocycles. The van der Waals surface area contributed by atoms with E-state index in [9.17, 15) is 9.59 Å². The van der Waals surface area contributed by atoms with Crippen molar-refractivity contribution in [2.24, 2.45) is 5.92 Å². The van der Waals surface area contributed by atoms with Gasteiger partial charge in [0, 0.05) is 37.4 Å². The zero-order valence-electron chi connectivity index (χ0n) is 12.2. The Morgan fingerprint density at radius 2 is 1.95 bits per heavy atom. The number of benzene rings is 1. The third kappa shape index (κ3) is 2.73. The van der Waals surface area contributed by atoms with Crippen LogP contribution in [0.2, 0.25) is 0 Å². The number of carbonyl (C=O) groups excluding carboxylic acids is 2. The Labute approximate surface area is 124 Å². The van der Waals surface area contributed by atoms with Crippen molar-refractivity contribution in [3.8, 4) is 0 Å². The van der Waals surface area contributed by atoms with E-state index in [1.165, 1.54) is 20.0 Å². The molecule has 2 saturated heterocycles. The SMILES string of the molecule is COC(=O)C1CC(=O)N(c2cccc(N3CCCC3)c2)C1. The molecule has 5 nitrogen and oxygen atoms in total. The third-order valence-electron chi connectivity index (χ3n) is 4.27. The Balaban J connectivity index is 1.79. The highest BCUT2D eigenvalue weighted by Crippen LogP contribution is 2.30. The minimum absolute atomic E-state index is 0.0102. The minimum Gasteiger partial charge on any atom is -0.469 e. The standard InChI is InChI=1S/C16H20N2O3/c1-21-16(20)12-9-15(19)18(11-12)14-6-4-5-13(10-14)17-7-2-3-8-17/h4-6,10,12H,2-3,7-9,11H2,1H3. The Morgan fingerprint density at radius 1 is 1.24 bits per heavy atom. The smallest absolute Gasteiger partial charge is 0.311 e. The van der Waals surface area contributed by atoms with Gasteiger partial charge in [0.1, 0.15) is 0 Å². The first kappa shape index (κ1) is 13.9. The zero-order chi connectivity index (χ0) is 14.8. The summed E-state index contributed by atoms with van der Waals surface area (Å²) in [4.78, 5) is 27.8. The van der Waals surface area contributed by atoms with E-state index in [0.29, 0.717) is 6.54 Å². The average Bonchev–Trinajstić information content (AvgIpc) is 3.16. The summed E-state index contributed by atoms with van der Waals surface area (Å²) in [6, 6.07) is 8.02. The predicted molar refractivity (Wildman–Crippen MR) is 80.4 cm³/mol. The molecule has 5 heteroatoms. The summed E-state index contributed by atoms with van der Waals surface area (Å²) in [5.41, 5.74) is 2.02. The van der Waals surface area contributed by atoms with Crippen LogP contribution in [0.1, 0.15) is 19.3 Å². The van der Waals surface area contributed by atoms with Crippen LogP contribution >= 0.6 is 0 Å². The molecule has 2 aliphatic heterocycles. The number of anilines is 2. The number of hydrogen-bond donors (Lipinski definition) is 0. The van der Waals surface area contributed by atoms with Crippen molar-refractivity contribution in [3.63, 3.8) is 0 Å². The molecular formula is C16H20N2O3. The van der Waals surface area contributed by atoms with Crippen LogP contribution in [0, 0.1) is 5.92 Å². The fourth-order valence-electron chi connectivity index (χ4n) is 3.11. The Bertz CT molecular complexity index is 552. The topological polar surface area (TPSA) is 49.9 Å². The lowest BCUT2D eigenvalue weighted by Gasteiger charge is -2.21. The van der Waals surface area contributed by atoms with E-state index in [1.54, 1.807) is 4.90 Å². The number of methoxy groups -OCH3 is 1.